The second kappa shape index (κ2) is 8.24. The third kappa shape index (κ3) is 5.67. The first-order valence-corrected chi connectivity index (χ1v) is 7.38. The summed E-state index contributed by atoms with van der Waals surface area (Å²) < 4.78 is 5.07. The number of hydrogen-bond donors (Lipinski definition) is 2. The average Bonchev–Trinajstić information content (AvgIpc) is 2.85. The van der Waals surface area contributed by atoms with Crippen molar-refractivity contribution in [2.24, 2.45) is 5.73 Å². The Balaban J connectivity index is 2.27. The van der Waals surface area contributed by atoms with Crippen molar-refractivity contribution in [1.82, 2.24) is 10.3 Å². The van der Waals surface area contributed by atoms with Gasteiger partial charge in [0.2, 0.25) is 5.91 Å². The molecule has 0 saturated carbocycles. The van der Waals surface area contributed by atoms with E-state index < -0.39 is 0 Å². The van der Waals surface area contributed by atoms with Crippen LogP contribution in [0.3, 0.4) is 0 Å². The standard InChI is InChI=1S/C13H23N3O2S/c1-9(2)13-16-10(8-19-13)4-5-15-12(17)6-11(7-14)18-3/h8-9,11H,4-7,14H2,1-3H3,(H,15,17). The van der Waals surface area contributed by atoms with Crippen molar-refractivity contribution in [3.8, 4) is 0 Å². The zero-order valence-electron chi connectivity index (χ0n) is 11.8. The number of amides is 1. The molecule has 1 unspecified atom stereocenters. The van der Waals surface area contributed by atoms with Gasteiger partial charge in [-0.15, -0.1) is 11.3 Å². The molecule has 1 atom stereocenters. The summed E-state index contributed by atoms with van der Waals surface area (Å²) in [5.74, 6) is 0.428. The maximum absolute atomic E-state index is 11.6. The quantitative estimate of drug-likeness (QED) is 0.754. The fourth-order valence-electron chi connectivity index (χ4n) is 1.57. The molecule has 3 N–H and O–H groups in total. The highest BCUT2D eigenvalue weighted by Gasteiger charge is 2.11. The molecule has 0 spiro atoms. The van der Waals surface area contributed by atoms with E-state index in [0.29, 0.717) is 25.4 Å². The lowest BCUT2D eigenvalue weighted by Gasteiger charge is -2.12. The highest BCUT2D eigenvalue weighted by molar-refractivity contribution is 7.09. The molecule has 0 aliphatic carbocycles. The van der Waals surface area contributed by atoms with Gasteiger partial charge < -0.3 is 15.8 Å². The Morgan fingerprint density at radius 1 is 1.58 bits per heavy atom. The third-order valence-electron chi connectivity index (χ3n) is 2.78. The molecule has 5 nitrogen and oxygen atoms in total. The van der Waals surface area contributed by atoms with Gasteiger partial charge in [0.25, 0.3) is 0 Å². The summed E-state index contributed by atoms with van der Waals surface area (Å²) >= 11 is 1.67. The summed E-state index contributed by atoms with van der Waals surface area (Å²) in [6, 6.07) is 0. The zero-order valence-corrected chi connectivity index (χ0v) is 12.6. The summed E-state index contributed by atoms with van der Waals surface area (Å²) in [5, 5.41) is 6.06. The molecule has 0 saturated heterocycles. The molecule has 6 heteroatoms. The van der Waals surface area contributed by atoms with Crippen molar-refractivity contribution in [3.63, 3.8) is 0 Å². The van der Waals surface area contributed by atoms with E-state index in [1.165, 1.54) is 0 Å². The fraction of sp³-hybridized carbons (Fsp3) is 0.692. The lowest BCUT2D eigenvalue weighted by molar-refractivity contribution is -0.123. The molecule has 0 aliphatic heterocycles. The number of nitrogens with two attached hydrogens (primary N) is 1. The second-order valence-electron chi connectivity index (χ2n) is 4.73. The Hall–Kier alpha value is -0.980. The molecule has 1 aromatic rings. The number of thiazole rings is 1. The summed E-state index contributed by atoms with van der Waals surface area (Å²) in [6.45, 7) is 5.21. The van der Waals surface area contributed by atoms with Gasteiger partial charge in [-0.3, -0.25) is 4.79 Å². The minimum Gasteiger partial charge on any atom is -0.380 e. The lowest BCUT2D eigenvalue weighted by atomic mass is 10.2. The van der Waals surface area contributed by atoms with Crippen LogP contribution in [0.15, 0.2) is 5.38 Å². The number of hydrogen-bond acceptors (Lipinski definition) is 5. The van der Waals surface area contributed by atoms with Crippen LogP contribution in [-0.2, 0) is 16.0 Å². The molecule has 19 heavy (non-hydrogen) atoms. The highest BCUT2D eigenvalue weighted by atomic mass is 32.1. The Labute approximate surface area is 118 Å². The predicted molar refractivity (Wildman–Crippen MR) is 77.4 cm³/mol. The number of methoxy groups -OCH3 is 1. The van der Waals surface area contributed by atoms with Crippen molar-refractivity contribution in [2.45, 2.75) is 38.7 Å². The molecular formula is C13H23N3O2S. The van der Waals surface area contributed by atoms with Crippen LogP contribution < -0.4 is 11.1 Å². The number of aromatic nitrogens is 1. The largest absolute Gasteiger partial charge is 0.380 e. The van der Waals surface area contributed by atoms with Crippen molar-refractivity contribution in [3.05, 3.63) is 16.1 Å². The van der Waals surface area contributed by atoms with Crippen molar-refractivity contribution < 1.29 is 9.53 Å². The summed E-state index contributed by atoms with van der Waals surface area (Å²) in [4.78, 5) is 16.1. The lowest BCUT2D eigenvalue weighted by Crippen LogP contribution is -2.33. The number of nitrogens with one attached hydrogen (secondary N) is 1. The van der Waals surface area contributed by atoms with E-state index in [-0.39, 0.29) is 12.0 Å². The van der Waals surface area contributed by atoms with Crippen LogP contribution in [0, 0.1) is 0 Å². The summed E-state index contributed by atoms with van der Waals surface area (Å²) in [6.07, 6.45) is 0.864. The van der Waals surface area contributed by atoms with Crippen LogP contribution in [0.1, 0.15) is 36.9 Å². The number of carbonyl (C=O) groups is 1. The molecule has 0 radical (unpaired) electrons. The molecular weight excluding hydrogens is 262 g/mol. The zero-order chi connectivity index (χ0) is 14.3. The van der Waals surface area contributed by atoms with Gasteiger partial charge in [0, 0.05) is 37.9 Å². The van der Waals surface area contributed by atoms with Gasteiger partial charge in [0.1, 0.15) is 0 Å². The fourth-order valence-corrected chi connectivity index (χ4v) is 2.44. The normalized spacial score (nSPS) is 12.7. The molecule has 0 aliphatic rings. The number of carbonyl (C=O) groups excluding carboxylic acids is 1. The third-order valence-corrected chi connectivity index (χ3v) is 3.97. The van der Waals surface area contributed by atoms with Gasteiger partial charge in [0.15, 0.2) is 0 Å². The molecule has 1 heterocycles. The second-order valence-corrected chi connectivity index (χ2v) is 5.62. The van der Waals surface area contributed by atoms with Gasteiger partial charge in [-0.25, -0.2) is 4.98 Å². The molecule has 0 bridgehead atoms. The van der Waals surface area contributed by atoms with Crippen molar-refractivity contribution >= 4 is 17.2 Å². The van der Waals surface area contributed by atoms with Crippen LogP contribution in [0.4, 0.5) is 0 Å². The monoisotopic (exact) mass is 285 g/mol. The predicted octanol–water partition coefficient (Wildman–Crippen LogP) is 1.29. The minimum atomic E-state index is -0.202. The summed E-state index contributed by atoms with van der Waals surface area (Å²) in [7, 11) is 1.56. The van der Waals surface area contributed by atoms with Gasteiger partial charge in [0.05, 0.1) is 23.2 Å². The molecule has 0 fully saturated rings. The molecule has 0 aromatic carbocycles. The van der Waals surface area contributed by atoms with E-state index in [1.54, 1.807) is 18.4 Å². The van der Waals surface area contributed by atoms with Gasteiger partial charge >= 0.3 is 0 Å². The Morgan fingerprint density at radius 2 is 2.32 bits per heavy atom. The van der Waals surface area contributed by atoms with Crippen LogP contribution in [0.25, 0.3) is 0 Å². The SMILES string of the molecule is COC(CN)CC(=O)NCCc1csc(C(C)C)n1. The molecule has 108 valence electrons. The first-order chi connectivity index (χ1) is 9.06. The number of rotatable bonds is 8. The van der Waals surface area contributed by atoms with E-state index >= 15 is 0 Å². The topological polar surface area (TPSA) is 77.2 Å². The van der Waals surface area contributed by atoms with E-state index in [2.05, 4.69) is 29.5 Å². The molecule has 1 rings (SSSR count). The molecule has 1 amide bonds. The maximum atomic E-state index is 11.6. The maximum Gasteiger partial charge on any atom is 0.222 e. The molecule has 1 aromatic heterocycles. The van der Waals surface area contributed by atoms with Crippen LogP contribution in [0.5, 0.6) is 0 Å². The van der Waals surface area contributed by atoms with Crippen molar-refractivity contribution in [1.29, 1.82) is 0 Å². The average molecular weight is 285 g/mol. The smallest absolute Gasteiger partial charge is 0.222 e. The Kier molecular flexibility index (Phi) is 6.97. The van der Waals surface area contributed by atoms with Crippen LogP contribution >= 0.6 is 11.3 Å². The van der Waals surface area contributed by atoms with E-state index in [0.717, 1.165) is 17.1 Å². The Morgan fingerprint density at radius 3 is 2.84 bits per heavy atom. The van der Waals surface area contributed by atoms with E-state index in [1.807, 2.05) is 0 Å². The Bertz CT molecular complexity index is 389. The van der Waals surface area contributed by atoms with Gasteiger partial charge in [-0.1, -0.05) is 13.8 Å². The van der Waals surface area contributed by atoms with Gasteiger partial charge in [-0.2, -0.15) is 0 Å². The number of ether oxygens (including phenoxy) is 1. The van der Waals surface area contributed by atoms with E-state index in [4.69, 9.17) is 10.5 Å². The minimum absolute atomic E-state index is 0.0309. The van der Waals surface area contributed by atoms with Crippen LogP contribution in [-0.4, -0.2) is 37.2 Å². The van der Waals surface area contributed by atoms with Crippen molar-refractivity contribution in [2.75, 3.05) is 20.2 Å². The highest BCUT2D eigenvalue weighted by Crippen LogP contribution is 2.19. The first-order valence-electron chi connectivity index (χ1n) is 6.50. The van der Waals surface area contributed by atoms with E-state index in [9.17, 15) is 4.79 Å². The summed E-state index contributed by atoms with van der Waals surface area (Å²) in [5.41, 5.74) is 6.51. The number of nitrogens with zero attached hydrogens (tertiary/aromatic N) is 1. The van der Waals surface area contributed by atoms with Gasteiger partial charge in [-0.05, 0) is 0 Å². The van der Waals surface area contributed by atoms with Crippen LogP contribution in [0.2, 0.25) is 0 Å². The first kappa shape index (κ1) is 16.1.